The Labute approximate surface area is 120 Å². The number of sulfone groups is 1. The monoisotopic (exact) mass is 292 g/mol. The fraction of sp³-hybridized carbons (Fsp3) is 0.533. The van der Waals surface area contributed by atoms with Crippen LogP contribution in [0, 0.1) is 11.3 Å². The lowest BCUT2D eigenvalue weighted by atomic mass is 10.0. The number of nitriles is 1. The summed E-state index contributed by atoms with van der Waals surface area (Å²) in [4.78, 5) is 0. The minimum Gasteiger partial charge on any atom is -0.314 e. The van der Waals surface area contributed by atoms with E-state index in [1.165, 1.54) is 12.8 Å². The molecule has 0 aromatic heterocycles. The molecule has 1 atom stereocenters. The number of hydrogen-bond donors (Lipinski definition) is 1. The summed E-state index contributed by atoms with van der Waals surface area (Å²) in [6.45, 7) is 0.988. The van der Waals surface area contributed by atoms with E-state index in [4.69, 9.17) is 5.26 Å². The molecule has 1 aromatic rings. The molecule has 108 valence electrons. The maximum Gasteiger partial charge on any atom is 0.154 e. The van der Waals surface area contributed by atoms with Crippen LogP contribution in [0.2, 0.25) is 0 Å². The lowest BCUT2D eigenvalue weighted by Gasteiger charge is -2.23. The predicted octanol–water partition coefficient (Wildman–Crippen LogP) is 2.01. The quantitative estimate of drug-likeness (QED) is 0.901. The molecule has 1 heterocycles. The van der Waals surface area contributed by atoms with Crippen molar-refractivity contribution in [3.8, 4) is 6.07 Å². The second kappa shape index (κ2) is 6.87. The fourth-order valence-corrected chi connectivity index (χ4v) is 4.07. The lowest BCUT2D eigenvalue weighted by Crippen LogP contribution is -2.35. The van der Waals surface area contributed by atoms with Crippen molar-refractivity contribution in [2.75, 3.05) is 12.3 Å². The van der Waals surface area contributed by atoms with E-state index in [1.54, 1.807) is 24.3 Å². The molecule has 0 saturated carbocycles. The van der Waals surface area contributed by atoms with Gasteiger partial charge in [0.15, 0.2) is 9.84 Å². The second-order valence-electron chi connectivity index (χ2n) is 5.30. The van der Waals surface area contributed by atoms with E-state index in [0.717, 1.165) is 13.0 Å². The first-order valence-electron chi connectivity index (χ1n) is 7.02. The highest BCUT2D eigenvalue weighted by atomic mass is 32.2. The molecule has 1 N–H and O–H groups in total. The van der Waals surface area contributed by atoms with Gasteiger partial charge in [-0.2, -0.15) is 5.26 Å². The van der Waals surface area contributed by atoms with Crippen molar-refractivity contribution in [1.29, 1.82) is 5.26 Å². The van der Waals surface area contributed by atoms with Gasteiger partial charge in [-0.3, -0.25) is 0 Å². The van der Waals surface area contributed by atoms with Crippen LogP contribution in [0.15, 0.2) is 24.3 Å². The second-order valence-corrected chi connectivity index (χ2v) is 7.48. The number of nitrogens with zero attached hydrogens (tertiary/aromatic N) is 1. The molecule has 5 heteroatoms. The minimum atomic E-state index is -3.16. The molecule has 0 spiro atoms. The Balaban J connectivity index is 1.95. The highest BCUT2D eigenvalue weighted by Crippen LogP contribution is 2.15. The molecular formula is C15H20N2O2S. The first-order valence-corrected chi connectivity index (χ1v) is 8.85. The van der Waals surface area contributed by atoms with Crippen molar-refractivity contribution in [3.05, 3.63) is 35.4 Å². The third-order valence-electron chi connectivity index (χ3n) is 3.70. The molecule has 0 aliphatic carbocycles. The summed E-state index contributed by atoms with van der Waals surface area (Å²) in [7, 11) is -3.16. The van der Waals surface area contributed by atoms with Gasteiger partial charge < -0.3 is 5.32 Å². The van der Waals surface area contributed by atoms with E-state index in [2.05, 4.69) is 5.32 Å². The van der Waals surface area contributed by atoms with Crippen molar-refractivity contribution >= 4 is 9.84 Å². The van der Waals surface area contributed by atoms with Crippen LogP contribution < -0.4 is 5.32 Å². The zero-order valence-electron chi connectivity index (χ0n) is 11.5. The van der Waals surface area contributed by atoms with Gasteiger partial charge in [0.1, 0.15) is 0 Å². The molecule has 0 bridgehead atoms. The molecule has 0 radical (unpaired) electrons. The maximum atomic E-state index is 12.2. The smallest absolute Gasteiger partial charge is 0.154 e. The SMILES string of the molecule is N#Cc1ccccc1CS(=O)(=O)CCC1CCCCN1. The van der Waals surface area contributed by atoms with Gasteiger partial charge in [0.25, 0.3) is 0 Å². The topological polar surface area (TPSA) is 70.0 Å². The average molecular weight is 292 g/mol. The van der Waals surface area contributed by atoms with E-state index in [-0.39, 0.29) is 11.5 Å². The largest absolute Gasteiger partial charge is 0.314 e. The molecular weight excluding hydrogens is 272 g/mol. The van der Waals surface area contributed by atoms with Gasteiger partial charge in [0, 0.05) is 6.04 Å². The predicted molar refractivity (Wildman–Crippen MR) is 78.9 cm³/mol. The van der Waals surface area contributed by atoms with Gasteiger partial charge in [0.05, 0.1) is 23.1 Å². The highest BCUT2D eigenvalue weighted by molar-refractivity contribution is 7.90. The molecule has 1 aromatic carbocycles. The maximum absolute atomic E-state index is 12.2. The van der Waals surface area contributed by atoms with Crippen molar-refractivity contribution in [1.82, 2.24) is 5.32 Å². The molecule has 2 rings (SSSR count). The van der Waals surface area contributed by atoms with Crippen LogP contribution in [0.3, 0.4) is 0 Å². The molecule has 1 aliphatic heterocycles. The van der Waals surface area contributed by atoms with Crippen LogP contribution >= 0.6 is 0 Å². The Hall–Kier alpha value is -1.38. The van der Waals surface area contributed by atoms with Gasteiger partial charge in [-0.1, -0.05) is 24.6 Å². The Bertz CT molecular complexity index is 584. The molecule has 20 heavy (non-hydrogen) atoms. The average Bonchev–Trinajstić information content (AvgIpc) is 2.47. The van der Waals surface area contributed by atoms with Crippen molar-refractivity contribution in [3.63, 3.8) is 0 Å². The van der Waals surface area contributed by atoms with Crippen LogP contribution in [0.25, 0.3) is 0 Å². The summed E-state index contributed by atoms with van der Waals surface area (Å²) in [6, 6.07) is 9.27. The van der Waals surface area contributed by atoms with E-state index >= 15 is 0 Å². The Morgan fingerprint density at radius 1 is 1.30 bits per heavy atom. The standard InChI is InChI=1S/C15H20N2O2S/c16-11-13-5-1-2-6-14(13)12-20(18,19)10-8-15-7-3-4-9-17-15/h1-2,5-6,15,17H,3-4,7-10,12H2. The van der Waals surface area contributed by atoms with E-state index in [1.807, 2.05) is 6.07 Å². The first-order chi connectivity index (χ1) is 9.61. The van der Waals surface area contributed by atoms with Crippen molar-refractivity contribution in [2.24, 2.45) is 0 Å². The van der Waals surface area contributed by atoms with Crippen LogP contribution in [0.1, 0.15) is 36.8 Å². The first kappa shape index (κ1) is 15.0. The highest BCUT2D eigenvalue weighted by Gasteiger charge is 2.19. The summed E-state index contributed by atoms with van der Waals surface area (Å²) >= 11 is 0. The lowest BCUT2D eigenvalue weighted by molar-refractivity contribution is 0.392. The van der Waals surface area contributed by atoms with Gasteiger partial charge in [-0.05, 0) is 37.4 Å². The van der Waals surface area contributed by atoms with Gasteiger partial charge in [0.2, 0.25) is 0 Å². The molecule has 1 fully saturated rings. The zero-order chi connectivity index (χ0) is 14.4. The molecule has 1 unspecified atom stereocenters. The van der Waals surface area contributed by atoms with Gasteiger partial charge in [-0.15, -0.1) is 0 Å². The number of hydrogen-bond acceptors (Lipinski definition) is 4. The third-order valence-corrected chi connectivity index (χ3v) is 5.31. The third kappa shape index (κ3) is 4.32. The Morgan fingerprint density at radius 3 is 2.80 bits per heavy atom. The Morgan fingerprint density at radius 2 is 2.10 bits per heavy atom. The van der Waals surface area contributed by atoms with Crippen molar-refractivity contribution in [2.45, 2.75) is 37.5 Å². The van der Waals surface area contributed by atoms with Crippen LogP contribution in [-0.4, -0.2) is 26.8 Å². The summed E-state index contributed by atoms with van der Waals surface area (Å²) in [5.74, 6) is 0.147. The molecule has 0 amide bonds. The summed E-state index contributed by atoms with van der Waals surface area (Å²) < 4.78 is 24.3. The summed E-state index contributed by atoms with van der Waals surface area (Å²) in [6.07, 6.45) is 4.08. The number of rotatable bonds is 5. The Kier molecular flexibility index (Phi) is 5.16. The van der Waals surface area contributed by atoms with Crippen LogP contribution in [0.4, 0.5) is 0 Å². The number of benzene rings is 1. The van der Waals surface area contributed by atoms with E-state index < -0.39 is 9.84 Å². The van der Waals surface area contributed by atoms with E-state index in [9.17, 15) is 8.42 Å². The van der Waals surface area contributed by atoms with Crippen LogP contribution in [0.5, 0.6) is 0 Å². The summed E-state index contributed by atoms with van der Waals surface area (Å²) in [5.41, 5.74) is 1.05. The van der Waals surface area contributed by atoms with E-state index in [0.29, 0.717) is 23.6 Å². The van der Waals surface area contributed by atoms with Gasteiger partial charge in [-0.25, -0.2) is 8.42 Å². The van der Waals surface area contributed by atoms with Crippen molar-refractivity contribution < 1.29 is 8.42 Å². The fourth-order valence-electron chi connectivity index (χ4n) is 2.56. The van der Waals surface area contributed by atoms with Crippen LogP contribution in [-0.2, 0) is 15.6 Å². The van der Waals surface area contributed by atoms with Gasteiger partial charge >= 0.3 is 0 Å². The zero-order valence-corrected chi connectivity index (χ0v) is 12.3. The summed E-state index contributed by atoms with van der Waals surface area (Å²) in [5, 5.41) is 12.4. The number of nitrogens with one attached hydrogen (secondary N) is 1. The molecule has 4 nitrogen and oxygen atoms in total. The molecule has 1 saturated heterocycles. The molecule has 1 aliphatic rings. The number of piperidine rings is 1. The minimum absolute atomic E-state index is 0.0382. The normalized spacial score (nSPS) is 19.4.